The Kier molecular flexibility index (Phi) is 4.75. The number of nitrogens with two attached hydrogens (primary N) is 1. The molecule has 1 saturated heterocycles. The third-order valence-electron chi connectivity index (χ3n) is 3.02. The van der Waals surface area contributed by atoms with Crippen LogP contribution in [0.4, 0.5) is 5.82 Å². The monoisotopic (exact) mass is 365 g/mol. The predicted molar refractivity (Wildman–Crippen MR) is 81.6 cm³/mol. The molecular formula is C11H16BrN3O2S2. The Balaban J connectivity index is 2.34. The second kappa shape index (κ2) is 5.99. The highest BCUT2D eigenvalue weighted by atomic mass is 79.9. The minimum Gasteiger partial charge on any atom is -0.383 e. The molecule has 0 saturated carbocycles. The number of sulfonamides is 1. The molecule has 5 nitrogen and oxygen atoms in total. The molecule has 0 amide bonds. The summed E-state index contributed by atoms with van der Waals surface area (Å²) in [6.45, 7) is 3.13. The number of pyridine rings is 1. The van der Waals surface area contributed by atoms with Crippen LogP contribution in [0.3, 0.4) is 0 Å². The molecule has 0 aliphatic carbocycles. The van der Waals surface area contributed by atoms with Crippen molar-refractivity contribution in [3.8, 4) is 0 Å². The lowest BCUT2D eigenvalue weighted by Gasteiger charge is -2.31. The fraction of sp³-hybridized carbons (Fsp3) is 0.545. The molecule has 8 heteroatoms. The number of hydrogen-bond donors (Lipinski definition) is 1. The topological polar surface area (TPSA) is 76.3 Å². The van der Waals surface area contributed by atoms with E-state index in [1.54, 1.807) is 0 Å². The van der Waals surface area contributed by atoms with Crippen LogP contribution in [0.25, 0.3) is 0 Å². The Morgan fingerprint density at radius 2 is 2.37 bits per heavy atom. The van der Waals surface area contributed by atoms with Gasteiger partial charge >= 0.3 is 0 Å². The molecule has 0 spiro atoms. The van der Waals surface area contributed by atoms with Crippen LogP contribution in [0.15, 0.2) is 21.6 Å². The van der Waals surface area contributed by atoms with Gasteiger partial charge in [-0.15, -0.1) is 0 Å². The summed E-state index contributed by atoms with van der Waals surface area (Å²) in [7, 11) is -3.56. The summed E-state index contributed by atoms with van der Waals surface area (Å²) in [5, 5.41) is 0.352. The number of anilines is 1. The average molecular weight is 366 g/mol. The van der Waals surface area contributed by atoms with Gasteiger partial charge in [0.2, 0.25) is 10.0 Å². The Labute approximate surface area is 126 Å². The second-order valence-corrected chi connectivity index (χ2v) is 8.53. The maximum Gasteiger partial charge on any atom is 0.246 e. The number of rotatable bonds is 3. The lowest BCUT2D eigenvalue weighted by Crippen LogP contribution is -2.41. The highest BCUT2D eigenvalue weighted by Crippen LogP contribution is 2.29. The highest BCUT2D eigenvalue weighted by Gasteiger charge is 2.31. The highest BCUT2D eigenvalue weighted by molar-refractivity contribution is 9.10. The molecule has 0 aromatic carbocycles. The number of halogens is 1. The third kappa shape index (κ3) is 3.24. The van der Waals surface area contributed by atoms with Crippen LogP contribution in [-0.2, 0) is 10.0 Å². The van der Waals surface area contributed by atoms with Crippen LogP contribution < -0.4 is 5.73 Å². The van der Waals surface area contributed by atoms with E-state index in [1.807, 2.05) is 11.8 Å². The molecule has 106 valence electrons. The molecule has 1 aliphatic rings. The quantitative estimate of drug-likeness (QED) is 0.885. The number of hydrogen-bond acceptors (Lipinski definition) is 5. The molecule has 0 bridgehead atoms. The van der Waals surface area contributed by atoms with Gasteiger partial charge < -0.3 is 5.73 Å². The maximum atomic E-state index is 12.6. The smallest absolute Gasteiger partial charge is 0.246 e. The van der Waals surface area contributed by atoms with E-state index in [2.05, 4.69) is 27.8 Å². The normalized spacial score (nSPS) is 21.5. The lowest BCUT2D eigenvalue weighted by atomic mass is 10.3. The second-order valence-electron chi connectivity index (χ2n) is 4.30. The minimum atomic E-state index is -3.56. The molecule has 0 radical (unpaired) electrons. The summed E-state index contributed by atoms with van der Waals surface area (Å²) in [6.07, 6.45) is 2.46. The van der Waals surface area contributed by atoms with E-state index in [-0.39, 0.29) is 10.7 Å². The van der Waals surface area contributed by atoms with Crippen molar-refractivity contribution >= 4 is 43.5 Å². The first-order valence-electron chi connectivity index (χ1n) is 5.98. The molecule has 1 aliphatic heterocycles. The van der Waals surface area contributed by atoms with Crippen molar-refractivity contribution in [1.29, 1.82) is 0 Å². The average Bonchev–Trinajstić information content (AvgIpc) is 2.41. The zero-order valence-electron chi connectivity index (χ0n) is 10.5. The molecule has 1 aromatic heterocycles. The van der Waals surface area contributed by atoms with Crippen LogP contribution in [0.1, 0.15) is 13.3 Å². The van der Waals surface area contributed by atoms with E-state index in [0.29, 0.717) is 22.8 Å². The largest absolute Gasteiger partial charge is 0.383 e. The van der Waals surface area contributed by atoms with E-state index in [4.69, 9.17) is 5.73 Å². The van der Waals surface area contributed by atoms with Gasteiger partial charge in [-0.05, 0) is 28.4 Å². The van der Waals surface area contributed by atoms with Crippen molar-refractivity contribution in [3.05, 3.63) is 16.7 Å². The Morgan fingerprint density at radius 1 is 1.63 bits per heavy atom. The first-order chi connectivity index (χ1) is 8.95. The zero-order chi connectivity index (χ0) is 14.0. The fourth-order valence-corrected chi connectivity index (χ4v) is 5.39. The van der Waals surface area contributed by atoms with Crippen molar-refractivity contribution in [2.45, 2.75) is 23.5 Å². The summed E-state index contributed by atoms with van der Waals surface area (Å²) >= 11 is 5.06. The predicted octanol–water partition coefficient (Wildman–Crippen LogP) is 1.94. The van der Waals surface area contributed by atoms with Crippen LogP contribution in [0.2, 0.25) is 0 Å². The molecule has 19 heavy (non-hydrogen) atoms. The van der Waals surface area contributed by atoms with Gasteiger partial charge in [0.15, 0.2) is 0 Å². The van der Waals surface area contributed by atoms with Gasteiger partial charge in [-0.2, -0.15) is 16.1 Å². The number of thioether (sulfide) groups is 1. The SMILES string of the molecule is CCC1CN(S(=O)(=O)c2cc(Br)cnc2N)CCS1. The van der Waals surface area contributed by atoms with Crippen molar-refractivity contribution in [1.82, 2.24) is 9.29 Å². The molecule has 1 fully saturated rings. The van der Waals surface area contributed by atoms with E-state index < -0.39 is 10.0 Å². The Morgan fingerprint density at radius 3 is 3.05 bits per heavy atom. The summed E-state index contributed by atoms with van der Waals surface area (Å²) < 4.78 is 27.3. The van der Waals surface area contributed by atoms with E-state index in [0.717, 1.165) is 12.2 Å². The molecular weight excluding hydrogens is 350 g/mol. The number of nitrogens with zero attached hydrogens (tertiary/aromatic N) is 2. The molecule has 1 aromatic rings. The molecule has 2 heterocycles. The standard InChI is InChI=1S/C11H16BrN3O2S2/c1-2-9-7-15(3-4-18-9)19(16,17)10-5-8(12)6-14-11(10)13/h5-6,9H,2-4,7H2,1H3,(H2,13,14). The van der Waals surface area contributed by atoms with Gasteiger partial charge in [0.25, 0.3) is 0 Å². The van der Waals surface area contributed by atoms with Crippen molar-refractivity contribution in [2.75, 3.05) is 24.6 Å². The van der Waals surface area contributed by atoms with Gasteiger partial charge in [-0.25, -0.2) is 13.4 Å². The Hall–Kier alpha value is -0.310. The molecule has 2 N–H and O–H groups in total. The van der Waals surface area contributed by atoms with Gasteiger partial charge in [0, 0.05) is 34.8 Å². The van der Waals surface area contributed by atoms with Gasteiger partial charge in [-0.3, -0.25) is 0 Å². The summed E-state index contributed by atoms with van der Waals surface area (Å²) in [4.78, 5) is 3.99. The van der Waals surface area contributed by atoms with Crippen LogP contribution >= 0.6 is 27.7 Å². The minimum absolute atomic E-state index is 0.0504. The van der Waals surface area contributed by atoms with E-state index in [9.17, 15) is 8.42 Å². The molecule has 1 unspecified atom stereocenters. The van der Waals surface area contributed by atoms with Crippen LogP contribution in [0, 0.1) is 0 Å². The van der Waals surface area contributed by atoms with Crippen LogP contribution in [-0.4, -0.2) is 41.8 Å². The van der Waals surface area contributed by atoms with Gasteiger partial charge in [0.1, 0.15) is 10.7 Å². The van der Waals surface area contributed by atoms with E-state index >= 15 is 0 Å². The van der Waals surface area contributed by atoms with E-state index in [1.165, 1.54) is 16.6 Å². The van der Waals surface area contributed by atoms with Gasteiger partial charge in [-0.1, -0.05) is 6.92 Å². The van der Waals surface area contributed by atoms with Gasteiger partial charge in [0.05, 0.1) is 0 Å². The number of nitrogen functional groups attached to an aromatic ring is 1. The number of aromatic nitrogens is 1. The molecule has 2 rings (SSSR count). The third-order valence-corrected chi connectivity index (χ3v) is 6.72. The Bertz CT molecular complexity index is 565. The first-order valence-corrected chi connectivity index (χ1v) is 9.26. The van der Waals surface area contributed by atoms with Crippen molar-refractivity contribution in [3.63, 3.8) is 0 Å². The maximum absolute atomic E-state index is 12.6. The lowest BCUT2D eigenvalue weighted by molar-refractivity contribution is 0.416. The first kappa shape index (κ1) is 15.1. The zero-order valence-corrected chi connectivity index (χ0v) is 13.8. The summed E-state index contributed by atoms with van der Waals surface area (Å²) in [5.74, 6) is 0.869. The summed E-state index contributed by atoms with van der Waals surface area (Å²) in [6, 6.07) is 1.51. The van der Waals surface area contributed by atoms with Crippen molar-refractivity contribution < 1.29 is 8.42 Å². The van der Waals surface area contributed by atoms with Crippen LogP contribution in [0.5, 0.6) is 0 Å². The molecule has 1 atom stereocenters. The van der Waals surface area contributed by atoms with Crippen molar-refractivity contribution in [2.24, 2.45) is 0 Å². The fourth-order valence-electron chi connectivity index (χ4n) is 1.93. The summed E-state index contributed by atoms with van der Waals surface area (Å²) in [5.41, 5.74) is 5.71.